The topological polar surface area (TPSA) is 60.2 Å². The van der Waals surface area contributed by atoms with Gasteiger partial charge in [-0.05, 0) is 36.6 Å². The van der Waals surface area contributed by atoms with Crippen LogP contribution in [0.5, 0.6) is 0 Å². The summed E-state index contributed by atoms with van der Waals surface area (Å²) in [4.78, 5) is 0.407. The Hall–Kier alpha value is -0.870. The Labute approximate surface area is 104 Å². The van der Waals surface area contributed by atoms with E-state index in [1.54, 1.807) is 19.1 Å². The first kappa shape index (κ1) is 14.2. The monoisotopic (exact) mass is 255 g/mol. The van der Waals surface area contributed by atoms with Crippen molar-refractivity contribution in [3.05, 3.63) is 29.8 Å². The Balaban J connectivity index is 2.82. The molecule has 0 fully saturated rings. The van der Waals surface area contributed by atoms with Gasteiger partial charge in [-0.3, -0.25) is 0 Å². The largest absolute Gasteiger partial charge is 0.330 e. The fourth-order valence-electron chi connectivity index (χ4n) is 1.73. The number of nitrogens with two attached hydrogens (primary N) is 1. The molecule has 0 aromatic heterocycles. The third-order valence-corrected chi connectivity index (χ3v) is 4.85. The third-order valence-electron chi connectivity index (χ3n) is 3.10. The summed E-state index contributed by atoms with van der Waals surface area (Å²) < 4.78 is 23.3. The molecule has 3 nitrogen and oxygen atoms in total. The first-order valence-corrected chi connectivity index (χ1v) is 7.70. The van der Waals surface area contributed by atoms with Crippen LogP contribution in [0.3, 0.4) is 0 Å². The van der Waals surface area contributed by atoms with Crippen LogP contribution in [0.25, 0.3) is 0 Å². The lowest BCUT2D eigenvalue weighted by Gasteiger charge is -2.12. The highest BCUT2D eigenvalue weighted by Crippen LogP contribution is 2.15. The van der Waals surface area contributed by atoms with Crippen LogP contribution in [0.2, 0.25) is 0 Å². The van der Waals surface area contributed by atoms with E-state index in [-0.39, 0.29) is 5.75 Å². The molecule has 1 aromatic rings. The van der Waals surface area contributed by atoms with Crippen LogP contribution in [0.4, 0.5) is 0 Å². The highest BCUT2D eigenvalue weighted by atomic mass is 32.2. The maximum atomic E-state index is 11.6. The molecule has 1 aromatic carbocycles. The van der Waals surface area contributed by atoms with Gasteiger partial charge in [-0.25, -0.2) is 8.42 Å². The average molecular weight is 255 g/mol. The van der Waals surface area contributed by atoms with Crippen LogP contribution in [-0.2, 0) is 16.3 Å². The Bertz CT molecular complexity index is 433. The van der Waals surface area contributed by atoms with Gasteiger partial charge in [0.05, 0.1) is 10.6 Å². The molecule has 0 bridgehead atoms. The molecule has 0 radical (unpaired) electrons. The molecule has 1 rings (SSSR count). The van der Waals surface area contributed by atoms with Gasteiger partial charge in [0, 0.05) is 0 Å². The van der Waals surface area contributed by atoms with Crippen molar-refractivity contribution in [3.8, 4) is 0 Å². The van der Waals surface area contributed by atoms with Gasteiger partial charge in [0.15, 0.2) is 9.84 Å². The minimum atomic E-state index is -3.08. The lowest BCUT2D eigenvalue weighted by atomic mass is 9.97. The summed E-state index contributed by atoms with van der Waals surface area (Å²) in [6.07, 6.45) is 1.96. The molecule has 1 unspecified atom stereocenters. The summed E-state index contributed by atoms with van der Waals surface area (Å²) in [5.74, 6) is 0.621. The molecule has 0 saturated heterocycles. The van der Waals surface area contributed by atoms with Gasteiger partial charge in [-0.1, -0.05) is 32.4 Å². The molecule has 1 atom stereocenters. The van der Waals surface area contributed by atoms with E-state index in [0.29, 0.717) is 17.4 Å². The molecule has 0 amide bonds. The Morgan fingerprint density at radius 3 is 2.18 bits per heavy atom. The van der Waals surface area contributed by atoms with Crippen LogP contribution < -0.4 is 5.73 Å². The SMILES string of the molecule is CCC(CN)Cc1ccc(S(=O)(=O)CC)cc1. The molecule has 4 heteroatoms. The van der Waals surface area contributed by atoms with Gasteiger partial charge in [-0.15, -0.1) is 0 Å². The summed E-state index contributed by atoms with van der Waals surface area (Å²) in [6.45, 7) is 4.45. The summed E-state index contributed by atoms with van der Waals surface area (Å²) >= 11 is 0. The minimum absolute atomic E-state index is 0.146. The van der Waals surface area contributed by atoms with Gasteiger partial charge < -0.3 is 5.73 Å². The highest BCUT2D eigenvalue weighted by Gasteiger charge is 2.11. The standard InChI is InChI=1S/C13H21NO2S/c1-3-11(10-14)9-12-5-7-13(8-6-12)17(15,16)4-2/h5-8,11H,3-4,9-10,14H2,1-2H3. The van der Waals surface area contributed by atoms with Crippen molar-refractivity contribution in [2.75, 3.05) is 12.3 Å². The van der Waals surface area contributed by atoms with E-state index in [2.05, 4.69) is 6.92 Å². The maximum absolute atomic E-state index is 11.6. The zero-order valence-electron chi connectivity index (χ0n) is 10.5. The van der Waals surface area contributed by atoms with E-state index < -0.39 is 9.84 Å². The van der Waals surface area contributed by atoms with Crippen LogP contribution in [0, 0.1) is 5.92 Å². The molecule has 2 N–H and O–H groups in total. The van der Waals surface area contributed by atoms with Crippen molar-refractivity contribution < 1.29 is 8.42 Å². The second kappa shape index (κ2) is 6.17. The predicted octanol–water partition coefficient (Wildman–Crippen LogP) is 2.01. The molecular formula is C13H21NO2S. The number of hydrogen-bond donors (Lipinski definition) is 1. The van der Waals surface area contributed by atoms with Crippen LogP contribution in [0.1, 0.15) is 25.8 Å². The fraction of sp³-hybridized carbons (Fsp3) is 0.538. The van der Waals surface area contributed by atoms with E-state index in [9.17, 15) is 8.42 Å². The molecule has 0 aliphatic rings. The van der Waals surface area contributed by atoms with Crippen molar-refractivity contribution in [1.82, 2.24) is 0 Å². The molecule has 17 heavy (non-hydrogen) atoms. The Morgan fingerprint density at radius 1 is 1.18 bits per heavy atom. The van der Waals surface area contributed by atoms with Crippen LogP contribution in [-0.4, -0.2) is 20.7 Å². The summed E-state index contributed by atoms with van der Waals surface area (Å²) in [7, 11) is -3.08. The van der Waals surface area contributed by atoms with E-state index in [0.717, 1.165) is 18.4 Å². The smallest absolute Gasteiger partial charge is 0.178 e. The van der Waals surface area contributed by atoms with E-state index >= 15 is 0 Å². The zero-order chi connectivity index (χ0) is 12.9. The summed E-state index contributed by atoms with van der Waals surface area (Å²) in [5.41, 5.74) is 6.81. The van der Waals surface area contributed by atoms with Crippen molar-refractivity contribution in [3.63, 3.8) is 0 Å². The Kier molecular flexibility index (Phi) is 5.15. The van der Waals surface area contributed by atoms with Crippen molar-refractivity contribution in [2.45, 2.75) is 31.6 Å². The van der Waals surface area contributed by atoms with Crippen molar-refractivity contribution in [1.29, 1.82) is 0 Å². The number of benzene rings is 1. The molecule has 0 spiro atoms. The Morgan fingerprint density at radius 2 is 1.76 bits per heavy atom. The van der Waals surface area contributed by atoms with Gasteiger partial charge in [-0.2, -0.15) is 0 Å². The predicted molar refractivity (Wildman–Crippen MR) is 70.7 cm³/mol. The minimum Gasteiger partial charge on any atom is -0.330 e. The normalized spacial score (nSPS) is 13.6. The maximum Gasteiger partial charge on any atom is 0.178 e. The van der Waals surface area contributed by atoms with Crippen LogP contribution in [0.15, 0.2) is 29.2 Å². The molecule has 0 aliphatic heterocycles. The van der Waals surface area contributed by atoms with E-state index in [4.69, 9.17) is 5.73 Å². The average Bonchev–Trinajstić information content (AvgIpc) is 2.36. The van der Waals surface area contributed by atoms with Crippen molar-refractivity contribution in [2.24, 2.45) is 11.7 Å². The number of rotatable bonds is 6. The van der Waals surface area contributed by atoms with Gasteiger partial charge >= 0.3 is 0 Å². The number of hydrogen-bond acceptors (Lipinski definition) is 3. The molecule has 96 valence electrons. The molecule has 0 saturated carbocycles. The molecular weight excluding hydrogens is 234 g/mol. The second-order valence-electron chi connectivity index (χ2n) is 4.26. The third kappa shape index (κ3) is 3.82. The summed E-state index contributed by atoms with van der Waals surface area (Å²) in [5, 5.41) is 0. The van der Waals surface area contributed by atoms with Crippen molar-refractivity contribution >= 4 is 9.84 Å². The first-order chi connectivity index (χ1) is 8.03. The van der Waals surface area contributed by atoms with Gasteiger partial charge in [0.1, 0.15) is 0 Å². The zero-order valence-corrected chi connectivity index (χ0v) is 11.3. The fourth-order valence-corrected chi connectivity index (χ4v) is 2.61. The molecule has 0 aliphatic carbocycles. The molecule has 0 heterocycles. The van der Waals surface area contributed by atoms with Gasteiger partial charge in [0.25, 0.3) is 0 Å². The van der Waals surface area contributed by atoms with E-state index in [1.165, 1.54) is 0 Å². The lowest BCUT2D eigenvalue weighted by molar-refractivity contribution is 0.518. The lowest BCUT2D eigenvalue weighted by Crippen LogP contribution is -2.15. The van der Waals surface area contributed by atoms with E-state index in [1.807, 2.05) is 12.1 Å². The number of sulfone groups is 1. The second-order valence-corrected chi connectivity index (χ2v) is 6.54. The van der Waals surface area contributed by atoms with Gasteiger partial charge in [0.2, 0.25) is 0 Å². The highest BCUT2D eigenvalue weighted by molar-refractivity contribution is 7.91. The quantitative estimate of drug-likeness (QED) is 0.846. The first-order valence-electron chi connectivity index (χ1n) is 6.05. The summed E-state index contributed by atoms with van der Waals surface area (Å²) in [6, 6.07) is 7.16. The van der Waals surface area contributed by atoms with Crippen LogP contribution >= 0.6 is 0 Å².